The number of hydrogen-bond donors (Lipinski definition) is 0. The maximum atomic E-state index is 13.4. The Morgan fingerprint density at radius 3 is 3.08 bits per heavy atom. The quantitative estimate of drug-likeness (QED) is 0.618. The Labute approximate surface area is 76.6 Å². The minimum Gasteiger partial charge on any atom is -0.327 e. The number of piperidine rings is 1. The molecule has 1 aromatic rings. The zero-order chi connectivity index (χ0) is 9.10. The third kappa shape index (κ3) is 1.76. The molecular weight excluding hydrogens is 169 g/mol. The lowest BCUT2D eigenvalue weighted by atomic mass is 10.1. The lowest BCUT2D eigenvalue weighted by Crippen LogP contribution is -2.37. The molecule has 3 nitrogen and oxygen atoms in total. The molecule has 2 heterocycles. The first-order valence-electron chi connectivity index (χ1n) is 4.54. The molecule has 1 saturated heterocycles. The Hall–Kier alpha value is -1.19. The van der Waals surface area contributed by atoms with Gasteiger partial charge in [-0.1, -0.05) is 0 Å². The van der Waals surface area contributed by atoms with Crippen molar-refractivity contribution in [2.24, 2.45) is 0 Å². The first-order valence-corrected chi connectivity index (χ1v) is 4.54. The van der Waals surface area contributed by atoms with Crippen molar-refractivity contribution in [1.29, 1.82) is 0 Å². The smallest absolute Gasteiger partial charge is 0.173 e. The van der Waals surface area contributed by atoms with Gasteiger partial charge in [0, 0.05) is 12.7 Å². The van der Waals surface area contributed by atoms with Gasteiger partial charge in [0.25, 0.3) is 0 Å². The van der Waals surface area contributed by atoms with Gasteiger partial charge in [-0.15, -0.1) is 0 Å². The van der Waals surface area contributed by atoms with Crippen molar-refractivity contribution in [2.75, 3.05) is 11.4 Å². The van der Waals surface area contributed by atoms with E-state index < -0.39 is 6.30 Å². The summed E-state index contributed by atoms with van der Waals surface area (Å²) in [5.41, 5.74) is 0. The van der Waals surface area contributed by atoms with E-state index in [0.717, 1.165) is 19.4 Å². The molecule has 1 aliphatic heterocycles. The summed E-state index contributed by atoms with van der Waals surface area (Å²) in [6.07, 6.45) is 4.86. The monoisotopic (exact) mass is 181 g/mol. The molecule has 0 bridgehead atoms. The van der Waals surface area contributed by atoms with Crippen LogP contribution in [0.4, 0.5) is 10.2 Å². The van der Waals surface area contributed by atoms with Crippen molar-refractivity contribution in [3.8, 4) is 0 Å². The SMILES string of the molecule is FC1CCCCN1c1ccncn1. The lowest BCUT2D eigenvalue weighted by molar-refractivity contribution is 0.264. The highest BCUT2D eigenvalue weighted by atomic mass is 19.1. The molecule has 0 spiro atoms. The lowest BCUT2D eigenvalue weighted by Gasteiger charge is -2.31. The summed E-state index contributed by atoms with van der Waals surface area (Å²) in [6, 6.07) is 1.75. The van der Waals surface area contributed by atoms with Crippen molar-refractivity contribution < 1.29 is 4.39 Å². The van der Waals surface area contributed by atoms with Crippen molar-refractivity contribution in [2.45, 2.75) is 25.6 Å². The van der Waals surface area contributed by atoms with Crippen LogP contribution in [-0.4, -0.2) is 22.8 Å². The molecule has 13 heavy (non-hydrogen) atoms. The minimum atomic E-state index is -0.872. The largest absolute Gasteiger partial charge is 0.327 e. The summed E-state index contributed by atoms with van der Waals surface area (Å²) >= 11 is 0. The molecule has 1 atom stereocenters. The van der Waals surface area contributed by atoms with E-state index in [4.69, 9.17) is 0 Å². The summed E-state index contributed by atoms with van der Waals surface area (Å²) < 4.78 is 13.4. The van der Waals surface area contributed by atoms with Gasteiger partial charge in [0.05, 0.1) is 0 Å². The molecule has 0 radical (unpaired) electrons. The molecule has 1 aliphatic rings. The second-order valence-electron chi connectivity index (χ2n) is 3.19. The second kappa shape index (κ2) is 3.68. The van der Waals surface area contributed by atoms with Crippen LogP contribution in [0.25, 0.3) is 0 Å². The highest BCUT2D eigenvalue weighted by Crippen LogP contribution is 2.22. The van der Waals surface area contributed by atoms with Crippen molar-refractivity contribution in [1.82, 2.24) is 9.97 Å². The Morgan fingerprint density at radius 1 is 1.46 bits per heavy atom. The molecule has 70 valence electrons. The maximum absolute atomic E-state index is 13.4. The molecule has 0 amide bonds. The summed E-state index contributed by atoms with van der Waals surface area (Å²) in [7, 11) is 0. The van der Waals surface area contributed by atoms with Gasteiger partial charge in [-0.3, -0.25) is 0 Å². The van der Waals surface area contributed by atoms with Crippen LogP contribution >= 0.6 is 0 Å². The van der Waals surface area contributed by atoms with Gasteiger partial charge in [0.1, 0.15) is 12.1 Å². The standard InChI is InChI=1S/C9H12FN3/c10-8-3-1-2-6-13(8)9-4-5-11-7-12-9/h4-5,7-8H,1-3,6H2. The fraction of sp³-hybridized carbons (Fsp3) is 0.556. The Morgan fingerprint density at radius 2 is 2.38 bits per heavy atom. The topological polar surface area (TPSA) is 29.0 Å². The van der Waals surface area contributed by atoms with Gasteiger partial charge < -0.3 is 4.90 Å². The van der Waals surface area contributed by atoms with Crippen LogP contribution in [0.1, 0.15) is 19.3 Å². The Kier molecular flexibility index (Phi) is 2.38. The number of aromatic nitrogens is 2. The fourth-order valence-corrected chi connectivity index (χ4v) is 1.60. The van der Waals surface area contributed by atoms with Crippen LogP contribution in [0.5, 0.6) is 0 Å². The fourth-order valence-electron chi connectivity index (χ4n) is 1.60. The number of anilines is 1. The molecule has 1 fully saturated rings. The zero-order valence-electron chi connectivity index (χ0n) is 7.36. The molecule has 0 aliphatic carbocycles. The number of hydrogen-bond acceptors (Lipinski definition) is 3. The molecule has 1 unspecified atom stereocenters. The third-order valence-electron chi connectivity index (χ3n) is 2.29. The van der Waals surface area contributed by atoms with Gasteiger partial charge in [0.15, 0.2) is 6.30 Å². The summed E-state index contributed by atoms with van der Waals surface area (Å²) in [5.74, 6) is 0.696. The average Bonchev–Trinajstić information content (AvgIpc) is 2.20. The number of halogens is 1. The molecule has 2 rings (SSSR count). The number of nitrogens with zero attached hydrogens (tertiary/aromatic N) is 3. The molecule has 0 N–H and O–H groups in total. The van der Waals surface area contributed by atoms with Gasteiger partial charge in [-0.05, 0) is 25.3 Å². The highest BCUT2D eigenvalue weighted by Gasteiger charge is 2.22. The first kappa shape index (κ1) is 8.41. The molecule has 4 heteroatoms. The number of rotatable bonds is 1. The van der Waals surface area contributed by atoms with Crippen molar-refractivity contribution >= 4 is 5.82 Å². The van der Waals surface area contributed by atoms with E-state index >= 15 is 0 Å². The Balaban J connectivity index is 2.15. The highest BCUT2D eigenvalue weighted by molar-refractivity contribution is 5.37. The first-order chi connectivity index (χ1) is 6.38. The van der Waals surface area contributed by atoms with Gasteiger partial charge in [-0.2, -0.15) is 0 Å². The third-order valence-corrected chi connectivity index (χ3v) is 2.29. The van der Waals surface area contributed by atoms with Crippen LogP contribution < -0.4 is 4.90 Å². The number of alkyl halides is 1. The zero-order valence-corrected chi connectivity index (χ0v) is 7.36. The van der Waals surface area contributed by atoms with Gasteiger partial charge in [-0.25, -0.2) is 14.4 Å². The van der Waals surface area contributed by atoms with Crippen molar-refractivity contribution in [3.63, 3.8) is 0 Å². The summed E-state index contributed by atoms with van der Waals surface area (Å²) in [6.45, 7) is 0.762. The summed E-state index contributed by atoms with van der Waals surface area (Å²) in [4.78, 5) is 9.53. The predicted molar refractivity (Wildman–Crippen MR) is 48.1 cm³/mol. The summed E-state index contributed by atoms with van der Waals surface area (Å²) in [5, 5.41) is 0. The van der Waals surface area contributed by atoms with E-state index in [2.05, 4.69) is 9.97 Å². The minimum absolute atomic E-state index is 0.615. The Bertz CT molecular complexity index is 265. The van der Waals surface area contributed by atoms with Crippen LogP contribution in [0.2, 0.25) is 0 Å². The predicted octanol–water partition coefficient (Wildman–Crippen LogP) is 1.76. The molecule has 0 saturated carbocycles. The molecule has 1 aromatic heterocycles. The normalized spacial score (nSPS) is 23.2. The van der Waals surface area contributed by atoms with E-state index in [1.165, 1.54) is 6.33 Å². The van der Waals surface area contributed by atoms with E-state index in [1.54, 1.807) is 17.2 Å². The van der Waals surface area contributed by atoms with Gasteiger partial charge in [0.2, 0.25) is 0 Å². The maximum Gasteiger partial charge on any atom is 0.173 e. The molecule has 0 aromatic carbocycles. The van der Waals surface area contributed by atoms with Crippen LogP contribution in [-0.2, 0) is 0 Å². The molecular formula is C9H12FN3. The van der Waals surface area contributed by atoms with Crippen molar-refractivity contribution in [3.05, 3.63) is 18.6 Å². The van der Waals surface area contributed by atoms with E-state index in [-0.39, 0.29) is 0 Å². The average molecular weight is 181 g/mol. The van der Waals surface area contributed by atoms with E-state index in [9.17, 15) is 4.39 Å². The second-order valence-corrected chi connectivity index (χ2v) is 3.19. The van der Waals surface area contributed by atoms with Crippen LogP contribution in [0.3, 0.4) is 0 Å². The van der Waals surface area contributed by atoms with Crippen LogP contribution in [0.15, 0.2) is 18.6 Å². The van der Waals surface area contributed by atoms with E-state index in [0.29, 0.717) is 12.2 Å². The van der Waals surface area contributed by atoms with Gasteiger partial charge >= 0.3 is 0 Å². The van der Waals surface area contributed by atoms with Crippen LogP contribution in [0, 0.1) is 0 Å². The van der Waals surface area contributed by atoms with E-state index in [1.807, 2.05) is 0 Å².